The average Bonchev–Trinajstić information content (AvgIpc) is 3.23. The Morgan fingerprint density at radius 2 is 1.02 bits per heavy atom. The van der Waals surface area contributed by atoms with Gasteiger partial charge >= 0.3 is 0 Å². The molecule has 6 rings (SSSR count). The SMILES string of the molecule is COc1ccc(CO[C@@H]([C@H](O)COC(c2ccccc2)(c2ccccc2)c2ccccc2)[C@H](OCc2ccc(OC)cc2)c2cnc(N(C)C)nc2)cc1. The normalized spacial score (nSPS) is 13.1. The number of anilines is 1. The van der Waals surface area contributed by atoms with Crippen molar-refractivity contribution in [1.29, 1.82) is 0 Å². The first-order valence-electron chi connectivity index (χ1n) is 17.9. The Bertz CT molecular complexity index is 1880. The van der Waals surface area contributed by atoms with E-state index in [2.05, 4.69) is 46.4 Å². The van der Waals surface area contributed by atoms with E-state index in [1.807, 2.05) is 122 Å². The van der Waals surface area contributed by atoms with Crippen molar-refractivity contribution in [2.24, 2.45) is 0 Å². The molecule has 5 aromatic carbocycles. The third-order valence-electron chi connectivity index (χ3n) is 9.27. The highest BCUT2D eigenvalue weighted by molar-refractivity contribution is 5.47. The van der Waals surface area contributed by atoms with Crippen molar-refractivity contribution < 1.29 is 28.8 Å². The summed E-state index contributed by atoms with van der Waals surface area (Å²) in [7, 11) is 7.03. The van der Waals surface area contributed by atoms with Gasteiger partial charge in [0.05, 0.1) is 34.0 Å². The van der Waals surface area contributed by atoms with Crippen molar-refractivity contribution >= 4 is 5.95 Å². The summed E-state index contributed by atoms with van der Waals surface area (Å²) in [5, 5.41) is 12.4. The lowest BCUT2D eigenvalue weighted by Crippen LogP contribution is -2.43. The minimum absolute atomic E-state index is 0.106. The molecule has 54 heavy (non-hydrogen) atoms. The standard InChI is InChI=1S/C45H47N3O6/c1-48(2)44-46-28-35(29-47-44)42(52-30-33-20-24-39(50-3)25-21-33)43(53-31-34-22-26-40(51-4)27-23-34)41(49)32-54-45(36-14-8-5-9-15-36,37-16-10-6-11-17-37)38-18-12-7-13-19-38/h5-29,41-43,49H,30-32H2,1-4H3/t41-,42-,43+/m1/s1. The van der Waals surface area contributed by atoms with Gasteiger partial charge in [0.2, 0.25) is 5.95 Å². The van der Waals surface area contributed by atoms with Gasteiger partial charge in [-0.05, 0) is 52.1 Å². The van der Waals surface area contributed by atoms with Crippen molar-refractivity contribution in [3.8, 4) is 11.5 Å². The largest absolute Gasteiger partial charge is 0.497 e. The first-order chi connectivity index (χ1) is 26.4. The van der Waals surface area contributed by atoms with Gasteiger partial charge in [0.1, 0.15) is 35.4 Å². The van der Waals surface area contributed by atoms with E-state index in [9.17, 15) is 5.11 Å². The van der Waals surface area contributed by atoms with E-state index in [1.54, 1.807) is 26.6 Å². The molecular formula is C45H47N3O6. The number of methoxy groups -OCH3 is 2. The van der Waals surface area contributed by atoms with Crippen LogP contribution in [0.3, 0.4) is 0 Å². The minimum Gasteiger partial charge on any atom is -0.497 e. The van der Waals surface area contributed by atoms with Crippen LogP contribution in [0.4, 0.5) is 5.95 Å². The fraction of sp³-hybridized carbons (Fsp3) is 0.244. The van der Waals surface area contributed by atoms with E-state index >= 15 is 0 Å². The summed E-state index contributed by atoms with van der Waals surface area (Å²) in [5.74, 6) is 2.03. The Kier molecular flexibility index (Phi) is 13.0. The molecule has 1 heterocycles. The number of aliphatic hydroxyl groups is 1. The fourth-order valence-corrected chi connectivity index (χ4v) is 6.39. The second-order valence-electron chi connectivity index (χ2n) is 13.1. The highest BCUT2D eigenvalue weighted by Gasteiger charge is 2.40. The van der Waals surface area contributed by atoms with E-state index in [1.165, 1.54) is 0 Å². The van der Waals surface area contributed by atoms with Crippen molar-refractivity contribution in [1.82, 2.24) is 9.97 Å². The minimum atomic E-state index is -1.17. The van der Waals surface area contributed by atoms with Gasteiger partial charge < -0.3 is 33.7 Å². The third-order valence-corrected chi connectivity index (χ3v) is 9.27. The molecule has 0 saturated heterocycles. The molecule has 1 N–H and O–H groups in total. The van der Waals surface area contributed by atoms with Gasteiger partial charge in [0, 0.05) is 32.1 Å². The Balaban J connectivity index is 1.39. The van der Waals surface area contributed by atoms with Crippen molar-refractivity contribution in [3.05, 3.63) is 185 Å². The van der Waals surface area contributed by atoms with Crippen LogP contribution in [0.15, 0.2) is 152 Å². The number of nitrogens with zero attached hydrogens (tertiary/aromatic N) is 3. The Hall–Kier alpha value is -5.58. The van der Waals surface area contributed by atoms with Crippen LogP contribution in [0.5, 0.6) is 11.5 Å². The van der Waals surface area contributed by atoms with Gasteiger partial charge in [0.25, 0.3) is 0 Å². The predicted octanol–water partition coefficient (Wildman–Crippen LogP) is 7.77. The number of ether oxygens (including phenoxy) is 5. The van der Waals surface area contributed by atoms with Crippen LogP contribution in [0.1, 0.15) is 39.5 Å². The number of aliphatic hydroxyl groups excluding tert-OH is 1. The molecule has 1 aromatic heterocycles. The molecule has 0 fully saturated rings. The van der Waals surface area contributed by atoms with Crippen molar-refractivity contribution in [2.75, 3.05) is 39.8 Å². The van der Waals surface area contributed by atoms with Crippen molar-refractivity contribution in [3.63, 3.8) is 0 Å². The molecule has 0 saturated carbocycles. The molecule has 278 valence electrons. The number of benzene rings is 5. The second kappa shape index (κ2) is 18.4. The maximum Gasteiger partial charge on any atom is 0.224 e. The Morgan fingerprint density at radius 3 is 1.43 bits per heavy atom. The molecule has 0 amide bonds. The summed E-state index contributed by atoms with van der Waals surface area (Å²) in [6.07, 6.45) is 0.563. The van der Waals surface area contributed by atoms with Gasteiger partial charge in [0.15, 0.2) is 0 Å². The topological polar surface area (TPSA) is 95.4 Å². The van der Waals surface area contributed by atoms with E-state index in [4.69, 9.17) is 23.7 Å². The van der Waals surface area contributed by atoms with Crippen molar-refractivity contribution in [2.45, 2.75) is 37.1 Å². The number of aromatic nitrogens is 2. The maximum atomic E-state index is 12.4. The lowest BCUT2D eigenvalue weighted by molar-refractivity contribution is -0.158. The van der Waals surface area contributed by atoms with Crippen LogP contribution in [0.2, 0.25) is 0 Å². The summed E-state index contributed by atoms with van der Waals surface area (Å²) in [6, 6.07) is 45.5. The quantitative estimate of drug-likeness (QED) is 0.0892. The fourth-order valence-electron chi connectivity index (χ4n) is 6.39. The maximum absolute atomic E-state index is 12.4. The predicted molar refractivity (Wildman–Crippen MR) is 210 cm³/mol. The molecule has 0 aliphatic rings. The Morgan fingerprint density at radius 1 is 0.593 bits per heavy atom. The van der Waals surface area contributed by atoms with Gasteiger partial charge in [-0.1, -0.05) is 115 Å². The van der Waals surface area contributed by atoms with Crippen LogP contribution in [-0.2, 0) is 33.0 Å². The van der Waals surface area contributed by atoms with Gasteiger partial charge in [-0.15, -0.1) is 0 Å². The van der Waals surface area contributed by atoms with Crippen LogP contribution in [-0.4, -0.2) is 62.2 Å². The average molecular weight is 726 g/mol. The van der Waals surface area contributed by atoms with Crippen LogP contribution in [0.25, 0.3) is 0 Å². The smallest absolute Gasteiger partial charge is 0.224 e. The molecule has 0 aliphatic heterocycles. The molecule has 9 heteroatoms. The highest BCUT2D eigenvalue weighted by Crippen LogP contribution is 2.41. The van der Waals surface area contributed by atoms with Crippen LogP contribution in [0, 0.1) is 0 Å². The third kappa shape index (κ3) is 9.13. The number of hydrogen-bond acceptors (Lipinski definition) is 9. The zero-order valence-corrected chi connectivity index (χ0v) is 31.1. The summed E-state index contributed by atoms with van der Waals surface area (Å²) in [4.78, 5) is 11.0. The van der Waals surface area contributed by atoms with E-state index in [0.717, 1.165) is 39.3 Å². The number of hydrogen-bond donors (Lipinski definition) is 1. The lowest BCUT2D eigenvalue weighted by Gasteiger charge is -2.38. The van der Waals surface area contributed by atoms with Crippen LogP contribution >= 0.6 is 0 Å². The monoisotopic (exact) mass is 725 g/mol. The summed E-state index contributed by atoms with van der Waals surface area (Å²) in [5.41, 5.74) is 4.17. The summed E-state index contributed by atoms with van der Waals surface area (Å²) < 4.78 is 31.2. The zero-order valence-electron chi connectivity index (χ0n) is 31.1. The molecule has 0 spiro atoms. The molecule has 0 bridgehead atoms. The second-order valence-corrected chi connectivity index (χ2v) is 13.1. The zero-order chi connectivity index (χ0) is 37.8. The molecule has 0 unspecified atom stereocenters. The summed E-state index contributed by atoms with van der Waals surface area (Å²) >= 11 is 0. The molecule has 3 atom stereocenters. The number of rotatable bonds is 18. The van der Waals surface area contributed by atoms with Crippen LogP contribution < -0.4 is 14.4 Å². The van der Waals surface area contributed by atoms with Gasteiger partial charge in [-0.25, -0.2) is 9.97 Å². The molecule has 9 nitrogen and oxygen atoms in total. The van der Waals surface area contributed by atoms with Gasteiger partial charge in [-0.3, -0.25) is 0 Å². The summed E-state index contributed by atoms with van der Waals surface area (Å²) in [6.45, 7) is 0.305. The Labute approximate surface area is 317 Å². The van der Waals surface area contributed by atoms with E-state index in [0.29, 0.717) is 11.5 Å². The highest BCUT2D eigenvalue weighted by atomic mass is 16.6. The first kappa shape index (κ1) is 38.2. The lowest BCUT2D eigenvalue weighted by atomic mass is 9.80. The van der Waals surface area contributed by atoms with Gasteiger partial charge in [-0.2, -0.15) is 0 Å². The van der Waals surface area contributed by atoms with E-state index < -0.39 is 23.9 Å². The van der Waals surface area contributed by atoms with E-state index in [-0.39, 0.29) is 19.8 Å². The first-order valence-corrected chi connectivity index (χ1v) is 17.9. The molecule has 6 aromatic rings. The molecule has 0 aliphatic carbocycles. The molecular weight excluding hydrogens is 679 g/mol. The molecule has 0 radical (unpaired) electrons.